The number of rotatable bonds is 1. The molecule has 0 aromatic rings. The van der Waals surface area contributed by atoms with Crippen LogP contribution in [0.5, 0.6) is 0 Å². The number of halogens is 1. The molecule has 5 atom stereocenters. The Morgan fingerprint density at radius 2 is 2.29 bits per heavy atom. The van der Waals surface area contributed by atoms with Crippen LogP contribution >= 0.6 is 22.9 Å². The van der Waals surface area contributed by atoms with Crippen LogP contribution < -0.4 is 10.6 Å². The van der Waals surface area contributed by atoms with Gasteiger partial charge in [0.1, 0.15) is 6.23 Å². The van der Waals surface area contributed by atoms with E-state index in [0.717, 1.165) is 13.1 Å². The molecule has 2 saturated heterocycles. The molecule has 5 unspecified atom stereocenters. The maximum atomic E-state index is 10.1. The first-order valence-electron chi connectivity index (χ1n) is 5.25. The minimum absolute atomic E-state index is 0.288. The average Bonchev–Trinajstić information content (AvgIpc) is 2.50. The fourth-order valence-electron chi connectivity index (χ4n) is 2.66. The smallest absolute Gasteiger partial charge is 0.122 e. The summed E-state index contributed by atoms with van der Waals surface area (Å²) in [5.74, 6) is 0.843. The monoisotopic (exact) mass is 311 g/mol. The van der Waals surface area contributed by atoms with E-state index >= 15 is 0 Å². The summed E-state index contributed by atoms with van der Waals surface area (Å²) in [6, 6.07) is 0.537. The molecule has 5 heteroatoms. The lowest BCUT2D eigenvalue weighted by molar-refractivity contribution is -0.0291. The van der Waals surface area contributed by atoms with Gasteiger partial charge >= 0.3 is 0 Å². The van der Waals surface area contributed by atoms with Crippen molar-refractivity contribution in [3.63, 3.8) is 0 Å². The Kier molecular flexibility index (Phi) is 3.33. The van der Waals surface area contributed by atoms with Gasteiger partial charge in [0.25, 0.3) is 0 Å². The summed E-state index contributed by atoms with van der Waals surface area (Å²) in [7, 11) is 0. The summed E-state index contributed by atoms with van der Waals surface area (Å²) in [6.07, 6.45) is 1.10. The molecule has 4 nitrogen and oxygen atoms in total. The van der Waals surface area contributed by atoms with E-state index in [0.29, 0.717) is 17.9 Å². The fraction of sp³-hybridized carbons (Fsp3) is 1.00. The molecule has 0 radical (unpaired) electrons. The van der Waals surface area contributed by atoms with Crippen LogP contribution in [0, 0.1) is 11.8 Å². The normalized spacial score (nSPS) is 49.3. The Bertz CT molecular complexity index is 214. The highest BCUT2D eigenvalue weighted by Gasteiger charge is 2.47. The Labute approximate surface area is 98.9 Å². The molecule has 0 aromatic carbocycles. The lowest BCUT2D eigenvalue weighted by atomic mass is 9.88. The zero-order valence-corrected chi connectivity index (χ0v) is 10.7. The number of hydrogen-bond donors (Lipinski definition) is 3. The summed E-state index contributed by atoms with van der Waals surface area (Å²) in [4.78, 5) is 0. The van der Waals surface area contributed by atoms with Gasteiger partial charge in [-0.25, -0.2) is 3.11 Å². The van der Waals surface area contributed by atoms with E-state index in [1.807, 2.05) is 3.11 Å². The molecule has 0 bridgehead atoms. The summed E-state index contributed by atoms with van der Waals surface area (Å²) in [5.41, 5.74) is 0. The second-order valence-corrected chi connectivity index (χ2v) is 5.51. The first kappa shape index (κ1) is 11.1. The van der Waals surface area contributed by atoms with Crippen LogP contribution in [0.4, 0.5) is 0 Å². The first-order chi connectivity index (χ1) is 6.65. The molecule has 2 fully saturated rings. The lowest BCUT2D eigenvalue weighted by Gasteiger charge is -2.38. The van der Waals surface area contributed by atoms with Crippen LogP contribution in [0.2, 0.25) is 0 Å². The molecule has 0 aliphatic carbocycles. The van der Waals surface area contributed by atoms with E-state index in [2.05, 4.69) is 47.3 Å². The number of nitrogens with zero attached hydrogens (tertiary/aromatic N) is 1. The molecule has 2 rings (SSSR count). The molecule has 0 saturated carbocycles. The Morgan fingerprint density at radius 3 is 2.93 bits per heavy atom. The van der Waals surface area contributed by atoms with Crippen LogP contribution in [-0.4, -0.2) is 33.3 Å². The SMILES string of the molecule is CCC1NC2NCN(I)C(O)C2C1C. The summed E-state index contributed by atoms with van der Waals surface area (Å²) >= 11 is 2.18. The molecule has 2 heterocycles. The number of aliphatic hydroxyl groups is 1. The molecule has 2 aliphatic heterocycles. The third kappa shape index (κ3) is 1.69. The van der Waals surface area contributed by atoms with Gasteiger partial charge in [-0.15, -0.1) is 0 Å². The molecule has 82 valence electrons. The Balaban J connectivity index is 2.12. The quantitative estimate of drug-likeness (QED) is 0.487. The van der Waals surface area contributed by atoms with E-state index < -0.39 is 0 Å². The van der Waals surface area contributed by atoms with E-state index in [-0.39, 0.29) is 12.4 Å². The number of nitrogens with one attached hydrogen (secondary N) is 2. The molecule has 0 spiro atoms. The number of aliphatic hydroxyl groups excluding tert-OH is 1. The van der Waals surface area contributed by atoms with Gasteiger partial charge < -0.3 is 5.11 Å². The van der Waals surface area contributed by atoms with Gasteiger partial charge in [0, 0.05) is 34.8 Å². The predicted molar refractivity (Wildman–Crippen MR) is 63.5 cm³/mol. The van der Waals surface area contributed by atoms with Crippen molar-refractivity contribution in [1.29, 1.82) is 0 Å². The Morgan fingerprint density at radius 1 is 1.57 bits per heavy atom. The molecule has 14 heavy (non-hydrogen) atoms. The van der Waals surface area contributed by atoms with Crippen molar-refractivity contribution in [2.24, 2.45) is 11.8 Å². The maximum Gasteiger partial charge on any atom is 0.122 e. The zero-order valence-electron chi connectivity index (χ0n) is 8.57. The predicted octanol–water partition coefficient (Wildman–Crippen LogP) is 0.478. The third-order valence-corrected chi connectivity index (χ3v) is 4.47. The second kappa shape index (κ2) is 4.21. The van der Waals surface area contributed by atoms with Crippen LogP contribution in [0.3, 0.4) is 0 Å². The molecule has 0 amide bonds. The topological polar surface area (TPSA) is 47.5 Å². The van der Waals surface area contributed by atoms with Crippen LogP contribution in [0.25, 0.3) is 0 Å². The second-order valence-electron chi connectivity index (χ2n) is 4.27. The lowest BCUT2D eigenvalue weighted by Crippen LogP contribution is -2.58. The highest BCUT2D eigenvalue weighted by Crippen LogP contribution is 2.34. The van der Waals surface area contributed by atoms with Gasteiger partial charge in [-0.3, -0.25) is 10.6 Å². The number of fused-ring (bicyclic) bond motifs is 1. The summed E-state index contributed by atoms with van der Waals surface area (Å²) in [6.45, 7) is 5.17. The van der Waals surface area contributed by atoms with Crippen molar-refractivity contribution in [2.45, 2.75) is 38.7 Å². The van der Waals surface area contributed by atoms with Crippen molar-refractivity contribution in [3.8, 4) is 0 Å². The van der Waals surface area contributed by atoms with Gasteiger partial charge in [-0.1, -0.05) is 13.8 Å². The first-order valence-corrected chi connectivity index (χ1v) is 6.21. The molecule has 0 aromatic heterocycles. The Hall–Kier alpha value is 0.570. The fourth-order valence-corrected chi connectivity index (χ4v) is 3.23. The van der Waals surface area contributed by atoms with Gasteiger partial charge in [0.15, 0.2) is 0 Å². The number of hydrogen-bond acceptors (Lipinski definition) is 4. The third-order valence-electron chi connectivity index (χ3n) is 3.55. The van der Waals surface area contributed by atoms with Crippen LogP contribution in [0.15, 0.2) is 0 Å². The minimum atomic E-state index is -0.319. The molecular weight excluding hydrogens is 293 g/mol. The molecule has 2 aliphatic rings. The van der Waals surface area contributed by atoms with E-state index in [4.69, 9.17) is 0 Å². The highest BCUT2D eigenvalue weighted by molar-refractivity contribution is 14.1. The van der Waals surface area contributed by atoms with Crippen LogP contribution in [0.1, 0.15) is 20.3 Å². The van der Waals surface area contributed by atoms with Crippen molar-refractivity contribution in [2.75, 3.05) is 6.67 Å². The van der Waals surface area contributed by atoms with Gasteiger partial charge in [-0.2, -0.15) is 0 Å². The van der Waals surface area contributed by atoms with Crippen molar-refractivity contribution in [1.82, 2.24) is 13.7 Å². The largest absolute Gasteiger partial charge is 0.377 e. The summed E-state index contributed by atoms with van der Waals surface area (Å²) < 4.78 is 1.94. The maximum absolute atomic E-state index is 10.1. The van der Waals surface area contributed by atoms with Gasteiger partial charge in [0.2, 0.25) is 0 Å². The van der Waals surface area contributed by atoms with E-state index in [1.165, 1.54) is 0 Å². The standard InChI is InChI=1S/C9H18IN3O/c1-3-6-5(2)7-8(12-6)11-4-13(10)9(7)14/h5-9,11-12,14H,3-4H2,1-2H3. The average molecular weight is 311 g/mol. The van der Waals surface area contributed by atoms with E-state index in [1.54, 1.807) is 0 Å². The zero-order chi connectivity index (χ0) is 10.3. The minimum Gasteiger partial charge on any atom is -0.377 e. The van der Waals surface area contributed by atoms with Gasteiger partial charge in [-0.05, 0) is 12.3 Å². The molecule has 3 N–H and O–H groups in total. The molecular formula is C9H18IN3O. The van der Waals surface area contributed by atoms with E-state index in [9.17, 15) is 5.11 Å². The highest BCUT2D eigenvalue weighted by atomic mass is 127. The van der Waals surface area contributed by atoms with Crippen molar-refractivity contribution >= 4 is 22.9 Å². The van der Waals surface area contributed by atoms with Crippen molar-refractivity contribution < 1.29 is 5.11 Å². The van der Waals surface area contributed by atoms with Gasteiger partial charge in [0.05, 0.1) is 12.8 Å². The van der Waals surface area contributed by atoms with Crippen molar-refractivity contribution in [3.05, 3.63) is 0 Å². The summed E-state index contributed by atoms with van der Waals surface area (Å²) in [5, 5.41) is 17.0. The van der Waals surface area contributed by atoms with Crippen LogP contribution in [-0.2, 0) is 0 Å².